The van der Waals surface area contributed by atoms with Crippen LogP contribution < -0.4 is 4.89 Å². The van der Waals surface area contributed by atoms with Crippen LogP contribution in [0, 0.1) is 0 Å². The van der Waals surface area contributed by atoms with E-state index in [0.29, 0.717) is 12.8 Å². The van der Waals surface area contributed by atoms with Crippen molar-refractivity contribution in [3.63, 3.8) is 0 Å². The summed E-state index contributed by atoms with van der Waals surface area (Å²) in [5.41, 5.74) is 0. The van der Waals surface area contributed by atoms with Crippen LogP contribution in [0.2, 0.25) is 0 Å². The lowest BCUT2D eigenvalue weighted by Crippen LogP contribution is -2.37. The summed E-state index contributed by atoms with van der Waals surface area (Å²) >= 11 is 0. The average molecular weight is 747 g/mol. The molecule has 0 aromatic rings. The van der Waals surface area contributed by atoms with Crippen LogP contribution in [0.4, 0.5) is 0 Å². The highest BCUT2D eigenvalue weighted by Gasteiger charge is 2.21. The lowest BCUT2D eigenvalue weighted by Gasteiger charge is -2.28. The second-order valence-electron chi connectivity index (χ2n) is 13.5. The van der Waals surface area contributed by atoms with E-state index in [2.05, 4.69) is 18.4 Å². The topological polar surface area (TPSA) is 111 Å². The molecule has 0 amide bonds. The van der Waals surface area contributed by atoms with Crippen molar-refractivity contribution in [2.45, 2.75) is 200 Å². The van der Waals surface area contributed by atoms with Crippen molar-refractivity contribution in [2.75, 3.05) is 47.2 Å². The van der Waals surface area contributed by atoms with E-state index in [1.165, 1.54) is 96.3 Å². The summed E-state index contributed by atoms with van der Waals surface area (Å²) in [7, 11) is -6.13. The van der Waals surface area contributed by atoms with Gasteiger partial charge < -0.3 is 27.9 Å². The Kier molecular flexibility index (Phi) is 20.5. The fraction of sp³-hybridized carbons (Fsp3) is 0.950. The molecule has 50 heavy (non-hydrogen) atoms. The zero-order valence-electron chi connectivity index (χ0n) is 44.5. The summed E-state index contributed by atoms with van der Waals surface area (Å²) in [5.74, 6) is -1.43. The van der Waals surface area contributed by atoms with Gasteiger partial charge in [-0.05, 0) is 12.8 Å². The number of unbranched alkanes of at least 4 members (excludes halogenated alkanes) is 24. The molecule has 298 valence electrons. The molecule has 0 aromatic carbocycles. The Morgan fingerprint density at radius 1 is 0.600 bits per heavy atom. The van der Waals surface area contributed by atoms with Crippen molar-refractivity contribution < 1.29 is 59.9 Å². The minimum absolute atomic E-state index is 0.0349. The van der Waals surface area contributed by atoms with Crippen LogP contribution >= 0.6 is 7.82 Å². The first-order chi connectivity index (χ1) is 29.2. The minimum Gasteiger partial charge on any atom is -0.756 e. The van der Waals surface area contributed by atoms with Crippen molar-refractivity contribution in [1.82, 2.24) is 0 Å². The second-order valence-corrected chi connectivity index (χ2v) is 14.8. The molecule has 0 fully saturated rings. The lowest BCUT2D eigenvalue weighted by atomic mass is 10.0. The standard InChI is InChI=1S/C40H80NO8P/c1-6-8-10-12-14-16-18-20-22-24-26-28-30-32-39(42)46-36-38(37-48-50(44,45)47-35-34-41(3,4)5)49-40(43)33-31-29-27-25-23-21-19-17-15-13-11-9-7-2/h38H,6-37H2,1-5H3/t38-/m1/s1/i3D3,4D3,5D3,34D2,35D2. The van der Waals surface area contributed by atoms with Gasteiger partial charge in [-0.3, -0.25) is 14.2 Å². The van der Waals surface area contributed by atoms with E-state index >= 15 is 0 Å². The van der Waals surface area contributed by atoms with E-state index < -0.39 is 77.5 Å². The van der Waals surface area contributed by atoms with E-state index in [-0.39, 0.29) is 12.8 Å². The molecule has 0 bridgehead atoms. The SMILES string of the molecule is [2H]C([2H])(OP(=O)([O-])OC[C@@H](COC(=O)CCCCCCCCCCCCCCC)OC(=O)CCCCCCCCCCCCCCC)C([2H])([2H])[N+](C([2H])([2H])[2H])(C([2H])([2H])[2H])C([2H])([2H])[2H]. The molecule has 0 N–H and O–H groups in total. The molecule has 0 spiro atoms. The Morgan fingerprint density at radius 2 is 0.980 bits per heavy atom. The van der Waals surface area contributed by atoms with Gasteiger partial charge in [0.2, 0.25) is 0 Å². The summed E-state index contributed by atoms with van der Waals surface area (Å²) in [6.45, 7) is -19.5. The smallest absolute Gasteiger partial charge is 0.306 e. The van der Waals surface area contributed by atoms with E-state index in [1.807, 2.05) is 0 Å². The van der Waals surface area contributed by atoms with Gasteiger partial charge >= 0.3 is 11.9 Å². The van der Waals surface area contributed by atoms with Gasteiger partial charge in [-0.15, -0.1) is 0 Å². The summed E-state index contributed by atoms with van der Waals surface area (Å²) in [4.78, 5) is 38.4. The molecule has 0 aromatic heterocycles. The van der Waals surface area contributed by atoms with E-state index in [1.54, 1.807) is 0 Å². The summed E-state index contributed by atoms with van der Waals surface area (Å²) in [6, 6.07) is 0. The monoisotopic (exact) mass is 747 g/mol. The first-order valence-electron chi connectivity index (χ1n) is 26.1. The molecule has 0 radical (unpaired) electrons. The number of rotatable bonds is 38. The predicted octanol–water partition coefficient (Wildman–Crippen LogP) is 10.6. The largest absolute Gasteiger partial charge is 0.756 e. The van der Waals surface area contributed by atoms with Crippen LogP contribution in [-0.2, 0) is 32.7 Å². The molecule has 1 unspecified atom stereocenters. The quantitative estimate of drug-likeness (QED) is 0.0266. The molecule has 0 rings (SSSR count). The number of phosphoric ester groups is 1. The number of hydrogen-bond acceptors (Lipinski definition) is 8. The van der Waals surface area contributed by atoms with Crippen LogP contribution in [0.15, 0.2) is 0 Å². The molecular formula is C40H80NO8P. The minimum atomic E-state index is -6.13. The highest BCUT2D eigenvalue weighted by Crippen LogP contribution is 2.38. The van der Waals surface area contributed by atoms with Crippen molar-refractivity contribution in [3.8, 4) is 0 Å². The molecule has 2 atom stereocenters. The fourth-order valence-corrected chi connectivity index (χ4v) is 6.09. The Balaban J connectivity index is 5.44. The Morgan fingerprint density at radius 3 is 1.38 bits per heavy atom. The van der Waals surface area contributed by atoms with Gasteiger partial charge in [-0.1, -0.05) is 168 Å². The summed E-state index contributed by atoms with van der Waals surface area (Å²) in [5, 5.41) is 0. The van der Waals surface area contributed by atoms with E-state index in [9.17, 15) is 19.0 Å². The number of nitrogens with zero attached hydrogens (tertiary/aromatic N) is 1. The molecule has 0 heterocycles. The van der Waals surface area contributed by atoms with Gasteiger partial charge in [0.1, 0.15) is 19.7 Å². The van der Waals surface area contributed by atoms with Crippen molar-refractivity contribution in [2.24, 2.45) is 0 Å². The Hall–Kier alpha value is -0.990. The Labute approximate surface area is 326 Å². The van der Waals surface area contributed by atoms with Crippen LogP contribution in [-0.4, -0.2) is 69.7 Å². The van der Waals surface area contributed by atoms with Crippen LogP contribution in [0.1, 0.15) is 211 Å². The highest BCUT2D eigenvalue weighted by molar-refractivity contribution is 7.45. The molecule has 0 saturated heterocycles. The van der Waals surface area contributed by atoms with Gasteiger partial charge in [-0.25, -0.2) is 0 Å². The Bertz CT molecular complexity index is 1250. The number of hydrogen-bond donors (Lipinski definition) is 0. The zero-order chi connectivity index (χ0) is 48.3. The average Bonchev–Trinajstić information content (AvgIpc) is 3.14. The molecular weight excluding hydrogens is 653 g/mol. The first-order valence-corrected chi connectivity index (χ1v) is 21.1. The predicted molar refractivity (Wildman–Crippen MR) is 204 cm³/mol. The van der Waals surface area contributed by atoms with Crippen LogP contribution in [0.5, 0.6) is 0 Å². The number of esters is 2. The van der Waals surface area contributed by atoms with Crippen molar-refractivity contribution >= 4 is 19.8 Å². The van der Waals surface area contributed by atoms with Gasteiger partial charge in [0, 0.05) is 12.8 Å². The van der Waals surface area contributed by atoms with Gasteiger partial charge in [0.15, 0.2) is 6.10 Å². The maximum atomic E-state index is 13.0. The van der Waals surface area contributed by atoms with Gasteiger partial charge in [0.25, 0.3) is 7.82 Å². The van der Waals surface area contributed by atoms with E-state index in [4.69, 9.17) is 31.8 Å². The van der Waals surface area contributed by atoms with Crippen LogP contribution in [0.3, 0.4) is 0 Å². The van der Waals surface area contributed by atoms with Crippen LogP contribution in [0.25, 0.3) is 0 Å². The van der Waals surface area contributed by atoms with Crippen molar-refractivity contribution in [3.05, 3.63) is 0 Å². The number of likely N-dealkylation sites (N-methyl/N-ethyl adjacent to an activating group) is 1. The lowest BCUT2D eigenvalue weighted by molar-refractivity contribution is -0.870. The third kappa shape index (κ3) is 36.8. The number of phosphoric acid groups is 1. The molecule has 0 saturated carbocycles. The number of quaternary nitrogens is 1. The number of carbonyl (C=O) groups is 2. The maximum Gasteiger partial charge on any atom is 0.306 e. The van der Waals surface area contributed by atoms with Gasteiger partial charge in [0.05, 0.1) is 45.4 Å². The first kappa shape index (κ1) is 30.3. The van der Waals surface area contributed by atoms with Crippen molar-refractivity contribution in [1.29, 1.82) is 0 Å². The number of ether oxygens (including phenoxy) is 2. The second kappa shape index (κ2) is 33.8. The molecule has 9 nitrogen and oxygen atoms in total. The maximum absolute atomic E-state index is 13.0. The molecule has 10 heteroatoms. The number of carbonyl (C=O) groups excluding carboxylic acids is 2. The normalized spacial score (nSPS) is 18.8. The fourth-order valence-electron chi connectivity index (χ4n) is 5.54. The summed E-state index contributed by atoms with van der Waals surface area (Å²) < 4.78 is 131. The third-order valence-corrected chi connectivity index (χ3v) is 9.27. The zero-order valence-corrected chi connectivity index (χ0v) is 32.3. The van der Waals surface area contributed by atoms with Gasteiger partial charge in [-0.2, -0.15) is 0 Å². The summed E-state index contributed by atoms with van der Waals surface area (Å²) in [6.07, 6.45) is 26.8. The third-order valence-electron chi connectivity index (χ3n) is 8.49. The molecule has 0 aliphatic heterocycles. The molecule has 0 aliphatic carbocycles. The highest BCUT2D eigenvalue weighted by atomic mass is 31.2. The van der Waals surface area contributed by atoms with E-state index in [0.717, 1.165) is 57.8 Å². The molecule has 0 aliphatic rings.